The number of anilines is 1. The van der Waals surface area contributed by atoms with Gasteiger partial charge in [0, 0.05) is 20.2 Å². The van der Waals surface area contributed by atoms with Crippen LogP contribution in [0.5, 0.6) is 0 Å². The van der Waals surface area contributed by atoms with Crippen molar-refractivity contribution >= 4 is 12.0 Å². The molecular weight excluding hydrogens is 221 g/mol. The van der Waals surface area contributed by atoms with Crippen LogP contribution in [0.15, 0.2) is 24.3 Å². The van der Waals surface area contributed by atoms with Gasteiger partial charge in [-0.25, -0.2) is 4.39 Å². The molecule has 1 aromatic rings. The summed E-state index contributed by atoms with van der Waals surface area (Å²) in [5, 5.41) is 0. The highest BCUT2D eigenvalue weighted by Crippen LogP contribution is 2.29. The van der Waals surface area contributed by atoms with Crippen molar-refractivity contribution in [2.24, 2.45) is 5.41 Å². The molecule has 0 bridgehead atoms. The molecule has 0 amide bonds. The molecule has 2 rings (SSSR count). The van der Waals surface area contributed by atoms with Crippen molar-refractivity contribution in [2.45, 2.75) is 6.42 Å². The Labute approximate surface area is 100 Å². The Balaban J connectivity index is 2.13. The first kappa shape index (κ1) is 12.0. The molecule has 92 valence electrons. The Bertz CT molecular complexity index is 402. The molecule has 1 atom stereocenters. The van der Waals surface area contributed by atoms with E-state index in [2.05, 4.69) is 0 Å². The number of aldehydes is 1. The maximum Gasteiger partial charge on any atom is 0.146 e. The standard InChI is InChI=1S/C13H16FNO2/c1-15(12-5-3-2-4-11(12)14)8-13(9-16)6-7-17-10-13/h2-5,9H,6-8,10H2,1H3. The zero-order chi connectivity index (χ0) is 12.3. The number of carbonyl (C=O) groups excluding carboxylic acids is 1. The second-order valence-corrected chi connectivity index (χ2v) is 4.59. The highest BCUT2D eigenvalue weighted by molar-refractivity contribution is 5.62. The minimum Gasteiger partial charge on any atom is -0.380 e. The first-order valence-electron chi connectivity index (χ1n) is 5.67. The van der Waals surface area contributed by atoms with E-state index in [1.165, 1.54) is 6.07 Å². The Morgan fingerprint density at radius 1 is 1.53 bits per heavy atom. The van der Waals surface area contributed by atoms with Crippen LogP contribution in [0.4, 0.5) is 10.1 Å². The molecule has 1 aromatic carbocycles. The van der Waals surface area contributed by atoms with Crippen molar-refractivity contribution in [3.05, 3.63) is 30.1 Å². The minimum atomic E-state index is -0.489. The van der Waals surface area contributed by atoms with E-state index in [9.17, 15) is 9.18 Å². The van der Waals surface area contributed by atoms with Crippen LogP contribution in [0.3, 0.4) is 0 Å². The Kier molecular flexibility index (Phi) is 3.43. The number of ether oxygens (including phenoxy) is 1. The molecule has 1 unspecified atom stereocenters. The third kappa shape index (κ3) is 2.47. The lowest BCUT2D eigenvalue weighted by atomic mass is 9.88. The van der Waals surface area contributed by atoms with E-state index in [4.69, 9.17) is 4.74 Å². The van der Waals surface area contributed by atoms with Crippen LogP contribution in [0.2, 0.25) is 0 Å². The lowest BCUT2D eigenvalue weighted by molar-refractivity contribution is -0.115. The summed E-state index contributed by atoms with van der Waals surface area (Å²) < 4.78 is 18.8. The predicted molar refractivity (Wildman–Crippen MR) is 63.6 cm³/mol. The topological polar surface area (TPSA) is 29.5 Å². The fourth-order valence-electron chi connectivity index (χ4n) is 2.20. The van der Waals surface area contributed by atoms with Gasteiger partial charge < -0.3 is 14.4 Å². The highest BCUT2D eigenvalue weighted by atomic mass is 19.1. The van der Waals surface area contributed by atoms with Crippen molar-refractivity contribution in [1.29, 1.82) is 0 Å². The Morgan fingerprint density at radius 2 is 2.29 bits per heavy atom. The summed E-state index contributed by atoms with van der Waals surface area (Å²) in [5.41, 5.74) is 0.0254. The van der Waals surface area contributed by atoms with Crippen molar-refractivity contribution in [3.63, 3.8) is 0 Å². The maximum absolute atomic E-state index is 13.6. The quantitative estimate of drug-likeness (QED) is 0.749. The molecule has 1 fully saturated rings. The average molecular weight is 237 g/mol. The lowest BCUT2D eigenvalue weighted by Gasteiger charge is -2.28. The number of hydrogen-bond acceptors (Lipinski definition) is 3. The molecular formula is C13H16FNO2. The van der Waals surface area contributed by atoms with Gasteiger partial charge in [0.05, 0.1) is 17.7 Å². The van der Waals surface area contributed by atoms with E-state index in [0.717, 1.165) is 6.29 Å². The van der Waals surface area contributed by atoms with Crippen molar-refractivity contribution < 1.29 is 13.9 Å². The lowest BCUT2D eigenvalue weighted by Crippen LogP contribution is -2.37. The van der Waals surface area contributed by atoms with Crippen LogP contribution in [0.25, 0.3) is 0 Å². The van der Waals surface area contributed by atoms with Gasteiger partial charge in [-0.1, -0.05) is 12.1 Å². The van der Waals surface area contributed by atoms with Gasteiger partial charge in [-0.05, 0) is 18.6 Å². The number of rotatable bonds is 4. The Morgan fingerprint density at radius 3 is 2.88 bits per heavy atom. The molecule has 0 N–H and O–H groups in total. The zero-order valence-corrected chi connectivity index (χ0v) is 9.86. The summed E-state index contributed by atoms with van der Waals surface area (Å²) in [6.45, 7) is 1.51. The first-order valence-corrected chi connectivity index (χ1v) is 5.67. The maximum atomic E-state index is 13.6. The van der Waals surface area contributed by atoms with E-state index < -0.39 is 5.41 Å². The first-order chi connectivity index (χ1) is 8.17. The Hall–Kier alpha value is -1.42. The number of halogens is 1. The minimum absolute atomic E-state index is 0.269. The summed E-state index contributed by atoms with van der Waals surface area (Å²) in [7, 11) is 1.79. The molecule has 0 aliphatic carbocycles. The van der Waals surface area contributed by atoms with E-state index in [1.54, 1.807) is 30.1 Å². The fraction of sp³-hybridized carbons (Fsp3) is 0.462. The van der Waals surface area contributed by atoms with Crippen molar-refractivity contribution in [3.8, 4) is 0 Å². The van der Waals surface area contributed by atoms with E-state index in [0.29, 0.717) is 31.9 Å². The van der Waals surface area contributed by atoms with Gasteiger partial charge in [0.2, 0.25) is 0 Å². The molecule has 1 aliphatic heterocycles. The second-order valence-electron chi connectivity index (χ2n) is 4.59. The van der Waals surface area contributed by atoms with Gasteiger partial charge >= 0.3 is 0 Å². The highest BCUT2D eigenvalue weighted by Gasteiger charge is 2.36. The summed E-state index contributed by atoms with van der Waals surface area (Å²) in [6, 6.07) is 6.57. The monoisotopic (exact) mass is 237 g/mol. The molecule has 4 heteroatoms. The second kappa shape index (κ2) is 4.84. The molecule has 1 heterocycles. The van der Waals surface area contributed by atoms with Crippen molar-refractivity contribution in [2.75, 3.05) is 31.7 Å². The van der Waals surface area contributed by atoms with Gasteiger partial charge in [0.25, 0.3) is 0 Å². The number of nitrogens with zero attached hydrogens (tertiary/aromatic N) is 1. The molecule has 1 saturated heterocycles. The molecule has 0 saturated carbocycles. The molecule has 3 nitrogen and oxygen atoms in total. The number of benzene rings is 1. The third-order valence-electron chi connectivity index (χ3n) is 3.20. The van der Waals surface area contributed by atoms with Crippen LogP contribution in [-0.4, -0.2) is 33.1 Å². The number of para-hydroxylation sites is 1. The van der Waals surface area contributed by atoms with Crippen LogP contribution >= 0.6 is 0 Å². The van der Waals surface area contributed by atoms with Gasteiger partial charge in [-0.3, -0.25) is 0 Å². The van der Waals surface area contributed by atoms with E-state index in [1.807, 2.05) is 0 Å². The summed E-state index contributed by atoms with van der Waals surface area (Å²) in [6.07, 6.45) is 1.65. The predicted octanol–water partition coefficient (Wildman–Crippen LogP) is 1.87. The van der Waals surface area contributed by atoms with E-state index in [-0.39, 0.29) is 5.82 Å². The van der Waals surface area contributed by atoms with Gasteiger partial charge in [0.15, 0.2) is 0 Å². The SMILES string of the molecule is CN(CC1(C=O)CCOC1)c1ccccc1F. The third-order valence-corrected chi connectivity index (χ3v) is 3.20. The number of carbonyl (C=O) groups is 1. The van der Waals surface area contributed by atoms with E-state index >= 15 is 0 Å². The van der Waals surface area contributed by atoms with Gasteiger partial charge in [-0.2, -0.15) is 0 Å². The van der Waals surface area contributed by atoms with Gasteiger partial charge in [0.1, 0.15) is 12.1 Å². The molecule has 0 spiro atoms. The molecule has 0 radical (unpaired) electrons. The van der Waals surface area contributed by atoms with Gasteiger partial charge in [-0.15, -0.1) is 0 Å². The molecule has 0 aromatic heterocycles. The largest absolute Gasteiger partial charge is 0.380 e. The van der Waals surface area contributed by atoms with Crippen LogP contribution in [0.1, 0.15) is 6.42 Å². The summed E-state index contributed by atoms with van der Waals surface area (Å²) in [5.74, 6) is -0.269. The average Bonchev–Trinajstić information content (AvgIpc) is 2.79. The summed E-state index contributed by atoms with van der Waals surface area (Å²) >= 11 is 0. The van der Waals surface area contributed by atoms with Crippen LogP contribution in [0, 0.1) is 11.2 Å². The molecule has 1 aliphatic rings. The fourth-order valence-corrected chi connectivity index (χ4v) is 2.20. The number of hydrogen-bond donors (Lipinski definition) is 0. The van der Waals surface area contributed by atoms with Crippen LogP contribution in [-0.2, 0) is 9.53 Å². The summed E-state index contributed by atoms with van der Waals surface area (Å²) in [4.78, 5) is 13.0. The molecule has 17 heavy (non-hydrogen) atoms. The van der Waals surface area contributed by atoms with Crippen molar-refractivity contribution in [1.82, 2.24) is 0 Å². The normalized spacial score (nSPS) is 23.6. The smallest absolute Gasteiger partial charge is 0.146 e. The zero-order valence-electron chi connectivity index (χ0n) is 9.86. The van der Waals surface area contributed by atoms with Crippen LogP contribution < -0.4 is 4.90 Å².